The first kappa shape index (κ1) is 22.8. The minimum atomic E-state index is -0.590. The Balaban J connectivity index is 1.79. The van der Waals surface area contributed by atoms with E-state index in [1.54, 1.807) is 18.2 Å². The molecule has 0 bridgehead atoms. The third-order valence-corrected chi connectivity index (χ3v) is 5.31. The van der Waals surface area contributed by atoms with Crippen LogP contribution in [0.15, 0.2) is 42.5 Å². The number of benzene rings is 2. The number of halogens is 2. The molecule has 31 heavy (non-hydrogen) atoms. The van der Waals surface area contributed by atoms with Crippen molar-refractivity contribution >= 4 is 51.7 Å². The van der Waals surface area contributed by atoms with Gasteiger partial charge in [0.15, 0.2) is 5.82 Å². The fourth-order valence-corrected chi connectivity index (χ4v) is 3.58. The minimum absolute atomic E-state index is 0.0292. The van der Waals surface area contributed by atoms with Gasteiger partial charge in [-0.05, 0) is 35.7 Å². The van der Waals surface area contributed by atoms with E-state index in [-0.39, 0.29) is 24.8 Å². The molecule has 0 aliphatic carbocycles. The number of nitrogens with two attached hydrogens (primary N) is 1. The predicted molar refractivity (Wildman–Crippen MR) is 123 cm³/mol. The molecule has 9 heteroatoms. The second kappa shape index (κ2) is 9.94. The molecule has 0 aliphatic heterocycles. The molecular formula is C22H23Cl2N5O2. The zero-order valence-electron chi connectivity index (χ0n) is 17.2. The average molecular weight is 460 g/mol. The van der Waals surface area contributed by atoms with Crippen LogP contribution in [0.25, 0.3) is 10.9 Å². The summed E-state index contributed by atoms with van der Waals surface area (Å²) in [5, 5.41) is 7.64. The zero-order chi connectivity index (χ0) is 22.5. The molecule has 3 aromatic rings. The second-order valence-electron chi connectivity index (χ2n) is 7.46. The van der Waals surface area contributed by atoms with Crippen LogP contribution in [-0.2, 0) is 22.6 Å². The predicted octanol–water partition coefficient (Wildman–Crippen LogP) is 3.72. The number of nitrogens with one attached hydrogen (secondary N) is 2. The zero-order valence-corrected chi connectivity index (χ0v) is 18.7. The monoisotopic (exact) mass is 459 g/mol. The highest BCUT2D eigenvalue weighted by Crippen LogP contribution is 2.23. The second-order valence-corrected chi connectivity index (χ2v) is 8.31. The van der Waals surface area contributed by atoms with E-state index in [1.807, 2.05) is 38.1 Å². The highest BCUT2D eigenvalue weighted by molar-refractivity contribution is 6.35. The lowest BCUT2D eigenvalue weighted by atomic mass is 10.0. The molecule has 0 saturated carbocycles. The van der Waals surface area contributed by atoms with Gasteiger partial charge in [0.05, 0.1) is 18.5 Å². The molecule has 0 aliphatic rings. The molecule has 0 fully saturated rings. The first-order chi connectivity index (χ1) is 14.7. The van der Waals surface area contributed by atoms with Crippen molar-refractivity contribution < 1.29 is 9.59 Å². The van der Waals surface area contributed by atoms with E-state index in [2.05, 4.69) is 20.6 Å². The van der Waals surface area contributed by atoms with Crippen LogP contribution in [0.4, 0.5) is 5.82 Å². The molecule has 2 aromatic carbocycles. The van der Waals surface area contributed by atoms with Crippen LogP contribution < -0.4 is 16.4 Å². The molecule has 2 amide bonds. The van der Waals surface area contributed by atoms with Crippen LogP contribution >= 0.6 is 23.2 Å². The van der Waals surface area contributed by atoms with Crippen LogP contribution in [0.2, 0.25) is 10.0 Å². The Labute approximate surface area is 190 Å². The molecule has 0 radical (unpaired) electrons. The molecule has 1 aromatic heterocycles. The summed E-state index contributed by atoms with van der Waals surface area (Å²) < 4.78 is 0. The van der Waals surface area contributed by atoms with Crippen molar-refractivity contribution in [3.8, 4) is 0 Å². The van der Waals surface area contributed by atoms with Crippen LogP contribution in [0.5, 0.6) is 0 Å². The Morgan fingerprint density at radius 2 is 1.84 bits per heavy atom. The highest BCUT2D eigenvalue weighted by atomic mass is 35.5. The van der Waals surface area contributed by atoms with Crippen LogP contribution in [0.3, 0.4) is 0 Å². The van der Waals surface area contributed by atoms with Gasteiger partial charge in [0, 0.05) is 15.4 Å². The minimum Gasteiger partial charge on any atom is -0.368 e. The number of fused-ring (bicyclic) bond motifs is 1. The maximum atomic E-state index is 12.4. The normalized spacial score (nSPS) is 12.0. The molecule has 1 heterocycles. The van der Waals surface area contributed by atoms with Crippen LogP contribution in [0, 0.1) is 5.92 Å². The molecule has 1 atom stereocenters. The quantitative estimate of drug-likeness (QED) is 0.475. The van der Waals surface area contributed by atoms with Crippen molar-refractivity contribution in [3.63, 3.8) is 0 Å². The number of carbonyl (C=O) groups excluding carboxylic acids is 2. The van der Waals surface area contributed by atoms with Gasteiger partial charge in [0.1, 0.15) is 11.9 Å². The van der Waals surface area contributed by atoms with E-state index >= 15 is 0 Å². The van der Waals surface area contributed by atoms with Gasteiger partial charge >= 0.3 is 0 Å². The van der Waals surface area contributed by atoms with Crippen molar-refractivity contribution in [1.29, 1.82) is 0 Å². The number of primary amides is 1. The van der Waals surface area contributed by atoms with Gasteiger partial charge in [-0.25, -0.2) is 9.97 Å². The molecule has 162 valence electrons. The summed E-state index contributed by atoms with van der Waals surface area (Å²) >= 11 is 12.0. The Hall–Kier alpha value is -2.90. The topological polar surface area (TPSA) is 110 Å². The number of hydrogen-bond donors (Lipinski definition) is 3. The van der Waals surface area contributed by atoms with E-state index in [0.29, 0.717) is 32.8 Å². The smallest absolute Gasteiger partial charge is 0.240 e. The summed E-state index contributed by atoms with van der Waals surface area (Å²) in [6.07, 6.45) is 0.103. The van der Waals surface area contributed by atoms with E-state index in [0.717, 1.165) is 5.39 Å². The number of rotatable bonds is 8. The molecule has 0 saturated heterocycles. The van der Waals surface area contributed by atoms with Gasteiger partial charge in [-0.2, -0.15) is 0 Å². The number of anilines is 1. The average Bonchev–Trinajstić information content (AvgIpc) is 2.72. The van der Waals surface area contributed by atoms with E-state index in [9.17, 15) is 9.59 Å². The number of carbonyl (C=O) groups is 2. The molecule has 0 unspecified atom stereocenters. The fourth-order valence-electron chi connectivity index (χ4n) is 3.11. The number of amides is 2. The summed E-state index contributed by atoms with van der Waals surface area (Å²) in [6.45, 7) is 3.91. The number of para-hydroxylation sites is 1. The van der Waals surface area contributed by atoms with Gasteiger partial charge < -0.3 is 16.4 Å². The first-order valence-electron chi connectivity index (χ1n) is 9.76. The maximum Gasteiger partial charge on any atom is 0.240 e. The Morgan fingerprint density at radius 1 is 1.10 bits per heavy atom. The Morgan fingerprint density at radius 3 is 2.52 bits per heavy atom. The SMILES string of the molecule is CC(C)[C@H](Nc1nc(CNC(=O)Cc2ccc(Cl)cc2Cl)nc2ccccc12)C(N)=O. The standard InChI is InChI=1S/C22H23Cl2N5O2/c1-12(2)20(21(25)31)29-22-15-5-3-4-6-17(15)27-18(28-22)11-26-19(30)9-13-7-8-14(23)10-16(13)24/h3-8,10,12,20H,9,11H2,1-2H3,(H2,25,31)(H,26,30)(H,27,28,29)/t20-/m0/s1. The highest BCUT2D eigenvalue weighted by Gasteiger charge is 2.21. The molecular weight excluding hydrogens is 437 g/mol. The third-order valence-electron chi connectivity index (χ3n) is 4.72. The summed E-state index contributed by atoms with van der Waals surface area (Å²) in [5.74, 6) is 0.176. The van der Waals surface area contributed by atoms with Gasteiger partial charge in [-0.3, -0.25) is 9.59 Å². The largest absolute Gasteiger partial charge is 0.368 e. The first-order valence-corrected chi connectivity index (χ1v) is 10.5. The molecule has 4 N–H and O–H groups in total. The van der Waals surface area contributed by atoms with Gasteiger partial charge in [-0.1, -0.05) is 55.2 Å². The summed E-state index contributed by atoms with van der Waals surface area (Å²) in [5.41, 5.74) is 6.90. The molecule has 0 spiro atoms. The summed E-state index contributed by atoms with van der Waals surface area (Å²) in [7, 11) is 0. The van der Waals surface area contributed by atoms with Crippen molar-refractivity contribution in [2.24, 2.45) is 11.7 Å². The molecule has 3 rings (SSSR count). The number of aromatic nitrogens is 2. The Bertz CT molecular complexity index is 1120. The van der Waals surface area contributed by atoms with Crippen molar-refractivity contribution in [2.75, 3.05) is 5.32 Å². The van der Waals surface area contributed by atoms with E-state index in [4.69, 9.17) is 28.9 Å². The molecule has 7 nitrogen and oxygen atoms in total. The van der Waals surface area contributed by atoms with Gasteiger partial charge in [-0.15, -0.1) is 0 Å². The summed E-state index contributed by atoms with van der Waals surface area (Å²) in [6, 6.07) is 11.8. The fraction of sp³-hybridized carbons (Fsp3) is 0.273. The van der Waals surface area contributed by atoms with Crippen LogP contribution in [0.1, 0.15) is 25.2 Å². The van der Waals surface area contributed by atoms with Crippen molar-refractivity contribution in [2.45, 2.75) is 32.9 Å². The van der Waals surface area contributed by atoms with Crippen molar-refractivity contribution in [1.82, 2.24) is 15.3 Å². The van der Waals surface area contributed by atoms with E-state index in [1.165, 1.54) is 0 Å². The third kappa shape index (κ3) is 5.83. The van der Waals surface area contributed by atoms with Gasteiger partial charge in [0.25, 0.3) is 0 Å². The van der Waals surface area contributed by atoms with E-state index < -0.39 is 11.9 Å². The Kier molecular flexibility index (Phi) is 7.30. The lowest BCUT2D eigenvalue weighted by Gasteiger charge is -2.21. The lowest BCUT2D eigenvalue weighted by Crippen LogP contribution is -2.40. The number of hydrogen-bond acceptors (Lipinski definition) is 5. The lowest BCUT2D eigenvalue weighted by molar-refractivity contribution is -0.121. The van der Waals surface area contributed by atoms with Crippen molar-refractivity contribution in [3.05, 3.63) is 63.9 Å². The van der Waals surface area contributed by atoms with Crippen LogP contribution in [-0.4, -0.2) is 27.8 Å². The summed E-state index contributed by atoms with van der Waals surface area (Å²) in [4.78, 5) is 33.3. The number of nitrogens with zero attached hydrogens (tertiary/aromatic N) is 2. The maximum absolute atomic E-state index is 12.4. The van der Waals surface area contributed by atoms with Gasteiger partial charge in [0.2, 0.25) is 11.8 Å².